The summed E-state index contributed by atoms with van der Waals surface area (Å²) in [7, 11) is 0. The van der Waals surface area contributed by atoms with Gasteiger partial charge in [0.25, 0.3) is 0 Å². The molecule has 0 aliphatic heterocycles. The van der Waals surface area contributed by atoms with Gasteiger partial charge in [0, 0.05) is 1.43 Å². The van der Waals surface area contributed by atoms with E-state index in [0.29, 0.717) is 0 Å². The average Bonchev–Trinajstić information content (AvgIpc) is 1.75. The molecule has 0 radical (unpaired) electrons. The van der Waals surface area contributed by atoms with Crippen LogP contribution in [0.4, 0.5) is 0 Å². The zero-order valence-corrected chi connectivity index (χ0v) is 6.39. The molecule has 0 aromatic carbocycles. The highest BCUT2D eigenvalue weighted by Gasteiger charge is 1.24. The molecule has 0 rings (SSSR count). The van der Waals surface area contributed by atoms with Gasteiger partial charge in [0.1, 0.15) is 12.6 Å². The lowest BCUT2D eigenvalue weighted by Crippen LogP contribution is -1.36. The molecular formula is C11H38O4. The number of hydrogen-bond acceptors (Lipinski definition) is 2. The minimum atomic E-state index is 0. The SMILES string of the molecule is C.C.C.C.C.C=C.CC=O.CC=O.O.O.[HH]. The number of aldehydes is 2. The van der Waals surface area contributed by atoms with Gasteiger partial charge in [-0.15, -0.1) is 13.2 Å². The Morgan fingerprint density at radius 1 is 0.733 bits per heavy atom. The van der Waals surface area contributed by atoms with Crippen molar-refractivity contribution in [3.63, 3.8) is 0 Å². The van der Waals surface area contributed by atoms with E-state index in [0.717, 1.165) is 12.6 Å². The predicted molar refractivity (Wildman–Crippen MR) is 77.7 cm³/mol. The summed E-state index contributed by atoms with van der Waals surface area (Å²) in [5.41, 5.74) is 0. The average molecular weight is 234 g/mol. The molecule has 0 fully saturated rings. The van der Waals surface area contributed by atoms with E-state index in [1.807, 2.05) is 0 Å². The van der Waals surface area contributed by atoms with Crippen LogP contribution in [0.25, 0.3) is 0 Å². The van der Waals surface area contributed by atoms with E-state index in [2.05, 4.69) is 13.2 Å². The Morgan fingerprint density at radius 3 is 0.733 bits per heavy atom. The summed E-state index contributed by atoms with van der Waals surface area (Å²) in [6.07, 6.45) is 1.50. The van der Waals surface area contributed by atoms with Gasteiger partial charge in [-0.3, -0.25) is 0 Å². The summed E-state index contributed by atoms with van der Waals surface area (Å²) in [6.45, 7) is 8.89. The van der Waals surface area contributed by atoms with Gasteiger partial charge in [0.05, 0.1) is 0 Å². The minimum Gasteiger partial charge on any atom is -0.412 e. The van der Waals surface area contributed by atoms with Crippen molar-refractivity contribution in [2.75, 3.05) is 0 Å². The molecule has 0 aromatic heterocycles. The van der Waals surface area contributed by atoms with Crippen molar-refractivity contribution in [2.24, 2.45) is 0 Å². The standard InChI is InChI=1S/2C2H4O.C2H4.5CH4.2H2O.H2/c2*1-2-3;1-2;;;;;;;;/h2*2H,1H3;1-2H2;5*1H4;2*1H2;1H. The van der Waals surface area contributed by atoms with Crippen molar-refractivity contribution in [3.8, 4) is 0 Å². The van der Waals surface area contributed by atoms with E-state index in [1.54, 1.807) is 0 Å². The Balaban J connectivity index is -0.00000000211. The fourth-order valence-electron chi connectivity index (χ4n) is 0. The minimum absolute atomic E-state index is 0. The fraction of sp³-hybridized carbons (Fsp3) is 0.636. The highest BCUT2D eigenvalue weighted by Crippen LogP contribution is 1.13. The third-order valence-corrected chi connectivity index (χ3v) is 0. The molecule has 15 heavy (non-hydrogen) atoms. The first-order valence-corrected chi connectivity index (χ1v) is 2.13. The molecular weight excluding hydrogens is 196 g/mol. The van der Waals surface area contributed by atoms with Crippen molar-refractivity contribution >= 4 is 12.6 Å². The predicted octanol–water partition coefficient (Wildman–Crippen LogP) is 2.99. The number of rotatable bonds is 0. The molecule has 4 heteroatoms. The van der Waals surface area contributed by atoms with Crippen LogP contribution in [0.3, 0.4) is 0 Å². The van der Waals surface area contributed by atoms with Crippen LogP contribution in [-0.2, 0) is 9.59 Å². The van der Waals surface area contributed by atoms with Gasteiger partial charge in [-0.1, -0.05) is 37.1 Å². The fourth-order valence-corrected chi connectivity index (χ4v) is 0. The molecule has 0 aliphatic rings. The van der Waals surface area contributed by atoms with Crippen molar-refractivity contribution in [3.05, 3.63) is 13.2 Å². The number of carbonyl (C=O) groups is 2. The van der Waals surface area contributed by atoms with Gasteiger partial charge in [-0.25, -0.2) is 0 Å². The topological polar surface area (TPSA) is 97.1 Å². The van der Waals surface area contributed by atoms with Crippen LogP contribution in [0.15, 0.2) is 13.2 Å². The molecule has 0 saturated carbocycles. The van der Waals surface area contributed by atoms with Crippen LogP contribution >= 0.6 is 0 Å². The first kappa shape index (κ1) is 148. The molecule has 0 atom stereocenters. The van der Waals surface area contributed by atoms with Gasteiger partial charge in [-0.2, -0.15) is 0 Å². The van der Waals surface area contributed by atoms with Gasteiger partial charge in [0.2, 0.25) is 0 Å². The largest absolute Gasteiger partial charge is 0.412 e. The molecule has 0 aromatic rings. The Hall–Kier alpha value is -1.00. The second-order valence-electron chi connectivity index (χ2n) is 0.471. The van der Waals surface area contributed by atoms with E-state index in [1.165, 1.54) is 13.8 Å². The Bertz CT molecular complexity index is 47.2. The van der Waals surface area contributed by atoms with Gasteiger partial charge >= 0.3 is 0 Å². The smallest absolute Gasteiger partial charge is 0.116 e. The first-order valence-electron chi connectivity index (χ1n) is 2.13. The van der Waals surface area contributed by atoms with E-state index >= 15 is 0 Å². The quantitative estimate of drug-likeness (QED) is 0.475. The van der Waals surface area contributed by atoms with Crippen LogP contribution in [0.5, 0.6) is 0 Å². The Labute approximate surface area is 99.5 Å². The Kier molecular flexibility index (Phi) is 18500. The molecule has 0 saturated heterocycles. The normalized spacial score (nSPS) is 2.00. The zero-order chi connectivity index (χ0) is 7.41. The molecule has 0 spiro atoms. The lowest BCUT2D eigenvalue weighted by atomic mass is 11.0. The monoisotopic (exact) mass is 234 g/mol. The van der Waals surface area contributed by atoms with Crippen LogP contribution in [0.2, 0.25) is 0 Å². The van der Waals surface area contributed by atoms with Crippen molar-refractivity contribution in [2.45, 2.75) is 51.0 Å². The molecule has 106 valence electrons. The van der Waals surface area contributed by atoms with Gasteiger partial charge in [-0.05, 0) is 13.8 Å². The van der Waals surface area contributed by atoms with Crippen molar-refractivity contribution < 1.29 is 22.0 Å². The number of carbonyl (C=O) groups excluding carboxylic acids is 2. The van der Waals surface area contributed by atoms with Crippen LogP contribution < -0.4 is 0 Å². The summed E-state index contributed by atoms with van der Waals surface area (Å²) in [5, 5.41) is 0. The summed E-state index contributed by atoms with van der Waals surface area (Å²) >= 11 is 0. The first-order chi connectivity index (χ1) is 3.83. The Morgan fingerprint density at radius 2 is 0.733 bits per heavy atom. The van der Waals surface area contributed by atoms with E-state index in [4.69, 9.17) is 9.59 Å². The number of hydrogen-bond donors (Lipinski definition) is 0. The maximum Gasteiger partial charge on any atom is 0.116 e. The molecule has 0 aliphatic carbocycles. The summed E-state index contributed by atoms with van der Waals surface area (Å²) < 4.78 is 0. The lowest BCUT2D eigenvalue weighted by Gasteiger charge is -1.24. The maximum atomic E-state index is 8.81. The van der Waals surface area contributed by atoms with Crippen molar-refractivity contribution in [1.29, 1.82) is 0 Å². The molecule has 0 bridgehead atoms. The van der Waals surface area contributed by atoms with Crippen LogP contribution in [-0.4, -0.2) is 23.5 Å². The van der Waals surface area contributed by atoms with Crippen molar-refractivity contribution in [1.82, 2.24) is 0 Å². The zero-order valence-electron chi connectivity index (χ0n) is 6.39. The third kappa shape index (κ3) is 1570. The van der Waals surface area contributed by atoms with E-state index in [-0.39, 0.29) is 49.5 Å². The molecule has 0 amide bonds. The van der Waals surface area contributed by atoms with Gasteiger partial charge in [0.15, 0.2) is 0 Å². The molecule has 0 unspecified atom stereocenters. The highest BCUT2D eigenvalue weighted by atomic mass is 16.1. The molecule has 4 N–H and O–H groups in total. The van der Waals surface area contributed by atoms with Crippen LogP contribution in [0.1, 0.15) is 52.4 Å². The van der Waals surface area contributed by atoms with Gasteiger partial charge < -0.3 is 20.5 Å². The summed E-state index contributed by atoms with van der Waals surface area (Å²) in [4.78, 5) is 17.6. The van der Waals surface area contributed by atoms with Crippen LogP contribution in [0, 0.1) is 0 Å². The summed E-state index contributed by atoms with van der Waals surface area (Å²) in [6, 6.07) is 0. The van der Waals surface area contributed by atoms with E-state index in [9.17, 15) is 0 Å². The molecule has 0 heterocycles. The summed E-state index contributed by atoms with van der Waals surface area (Å²) in [5.74, 6) is 0. The molecule has 4 nitrogen and oxygen atoms in total. The highest BCUT2D eigenvalue weighted by molar-refractivity contribution is 5.44. The maximum absolute atomic E-state index is 8.81. The lowest BCUT2D eigenvalue weighted by molar-refractivity contribution is -0.106. The van der Waals surface area contributed by atoms with E-state index < -0.39 is 0 Å². The third-order valence-electron chi connectivity index (χ3n) is 0. The second kappa shape index (κ2) is 1870. The second-order valence-corrected chi connectivity index (χ2v) is 0.471.